The van der Waals surface area contributed by atoms with Gasteiger partial charge in [0, 0.05) is 26.7 Å². The summed E-state index contributed by atoms with van der Waals surface area (Å²) >= 11 is 0. The quantitative estimate of drug-likeness (QED) is 0.615. The predicted octanol–water partition coefficient (Wildman–Crippen LogP) is -0.362. The standard InChI is InChI=1S/C7H13N3O2S/c1-7(5-8)6-10-4-3-9(2)13(10,11)12/h7H,3-4,6H2,1-2H3. The first-order chi connectivity index (χ1) is 5.98. The second kappa shape index (κ2) is 3.62. The van der Waals surface area contributed by atoms with Crippen molar-refractivity contribution in [2.75, 3.05) is 26.7 Å². The van der Waals surface area contributed by atoms with Gasteiger partial charge < -0.3 is 0 Å². The highest BCUT2D eigenvalue weighted by Crippen LogP contribution is 2.15. The zero-order valence-corrected chi connectivity index (χ0v) is 8.58. The SMILES string of the molecule is CC(C#N)CN1CCN(C)S1(=O)=O. The molecule has 0 radical (unpaired) electrons. The second-order valence-electron chi connectivity index (χ2n) is 3.22. The molecule has 6 heteroatoms. The van der Waals surface area contributed by atoms with Crippen LogP contribution in [0.1, 0.15) is 6.92 Å². The van der Waals surface area contributed by atoms with Gasteiger partial charge in [0.1, 0.15) is 0 Å². The molecule has 74 valence electrons. The molecule has 0 bridgehead atoms. The van der Waals surface area contributed by atoms with Gasteiger partial charge in [-0.05, 0) is 6.92 Å². The zero-order valence-electron chi connectivity index (χ0n) is 7.77. The maximum Gasteiger partial charge on any atom is 0.281 e. The summed E-state index contributed by atoms with van der Waals surface area (Å²) in [5, 5.41) is 8.55. The summed E-state index contributed by atoms with van der Waals surface area (Å²) in [6.07, 6.45) is 0. The summed E-state index contributed by atoms with van der Waals surface area (Å²) in [4.78, 5) is 0. The number of nitrogens with zero attached hydrogens (tertiary/aromatic N) is 3. The molecule has 1 rings (SSSR count). The number of hydrogen-bond acceptors (Lipinski definition) is 3. The van der Waals surface area contributed by atoms with Crippen LogP contribution in [0.5, 0.6) is 0 Å². The third-order valence-electron chi connectivity index (χ3n) is 2.08. The third-order valence-corrected chi connectivity index (χ3v) is 4.04. The van der Waals surface area contributed by atoms with Crippen LogP contribution >= 0.6 is 0 Å². The monoisotopic (exact) mass is 203 g/mol. The van der Waals surface area contributed by atoms with Crippen molar-refractivity contribution in [2.45, 2.75) is 6.92 Å². The fraction of sp³-hybridized carbons (Fsp3) is 0.857. The van der Waals surface area contributed by atoms with Crippen LogP contribution in [0, 0.1) is 17.2 Å². The fourth-order valence-corrected chi connectivity index (χ4v) is 2.64. The van der Waals surface area contributed by atoms with E-state index in [-0.39, 0.29) is 5.92 Å². The highest BCUT2D eigenvalue weighted by atomic mass is 32.2. The molecule has 1 fully saturated rings. The van der Waals surface area contributed by atoms with E-state index in [1.165, 1.54) is 8.61 Å². The molecule has 13 heavy (non-hydrogen) atoms. The zero-order chi connectivity index (χ0) is 10.1. The van der Waals surface area contributed by atoms with Crippen LogP contribution in [0.3, 0.4) is 0 Å². The van der Waals surface area contributed by atoms with Gasteiger partial charge in [-0.15, -0.1) is 0 Å². The Morgan fingerprint density at radius 3 is 2.54 bits per heavy atom. The average molecular weight is 203 g/mol. The highest BCUT2D eigenvalue weighted by Gasteiger charge is 2.34. The Kier molecular flexibility index (Phi) is 2.91. The lowest BCUT2D eigenvalue weighted by Crippen LogP contribution is -2.33. The van der Waals surface area contributed by atoms with Gasteiger partial charge >= 0.3 is 0 Å². The number of hydrogen-bond donors (Lipinski definition) is 0. The van der Waals surface area contributed by atoms with Gasteiger partial charge in [0.25, 0.3) is 10.2 Å². The molecule has 1 atom stereocenters. The van der Waals surface area contributed by atoms with Crippen LogP contribution in [0.4, 0.5) is 0 Å². The van der Waals surface area contributed by atoms with Crippen LogP contribution in [0.15, 0.2) is 0 Å². The van der Waals surface area contributed by atoms with Gasteiger partial charge in [0.05, 0.1) is 12.0 Å². The molecule has 0 aliphatic carbocycles. The normalized spacial score (nSPS) is 25.6. The number of rotatable bonds is 2. The Morgan fingerprint density at radius 1 is 1.54 bits per heavy atom. The van der Waals surface area contributed by atoms with Crippen molar-refractivity contribution in [3.05, 3.63) is 0 Å². The van der Waals surface area contributed by atoms with Gasteiger partial charge in [0.15, 0.2) is 0 Å². The molecule has 0 saturated carbocycles. The van der Waals surface area contributed by atoms with Crippen LogP contribution in [-0.4, -0.2) is 43.7 Å². The lowest BCUT2D eigenvalue weighted by Gasteiger charge is -2.16. The van der Waals surface area contributed by atoms with Gasteiger partial charge in [-0.2, -0.15) is 22.3 Å². The first-order valence-electron chi connectivity index (χ1n) is 4.09. The van der Waals surface area contributed by atoms with Crippen LogP contribution < -0.4 is 0 Å². The summed E-state index contributed by atoms with van der Waals surface area (Å²) in [5.74, 6) is -0.249. The van der Waals surface area contributed by atoms with Crippen molar-refractivity contribution in [3.8, 4) is 6.07 Å². The molecule has 5 nitrogen and oxygen atoms in total. The molecule has 1 unspecified atom stereocenters. The molecule has 1 aliphatic rings. The first kappa shape index (κ1) is 10.4. The Hall–Kier alpha value is -0.640. The smallest absolute Gasteiger partial charge is 0.198 e. The van der Waals surface area contributed by atoms with E-state index in [1.54, 1.807) is 14.0 Å². The second-order valence-corrected chi connectivity index (χ2v) is 5.25. The molecule has 0 aromatic carbocycles. The minimum absolute atomic E-state index is 0.249. The summed E-state index contributed by atoms with van der Waals surface area (Å²) in [6, 6.07) is 2.02. The molecule has 0 aromatic rings. The van der Waals surface area contributed by atoms with Crippen molar-refractivity contribution in [2.24, 2.45) is 5.92 Å². The Bertz CT molecular complexity index is 319. The van der Waals surface area contributed by atoms with E-state index in [4.69, 9.17) is 5.26 Å². The summed E-state index contributed by atoms with van der Waals surface area (Å²) in [7, 11) is -1.71. The molecule has 1 heterocycles. The maximum absolute atomic E-state index is 11.5. The highest BCUT2D eigenvalue weighted by molar-refractivity contribution is 7.87. The molecule has 0 amide bonds. The van der Waals surface area contributed by atoms with Gasteiger partial charge in [0.2, 0.25) is 0 Å². The van der Waals surface area contributed by atoms with E-state index < -0.39 is 10.2 Å². The van der Waals surface area contributed by atoms with Crippen molar-refractivity contribution in [1.29, 1.82) is 5.26 Å². The first-order valence-corrected chi connectivity index (χ1v) is 5.49. The largest absolute Gasteiger partial charge is 0.281 e. The topological polar surface area (TPSA) is 64.4 Å². The van der Waals surface area contributed by atoms with E-state index in [1.807, 2.05) is 6.07 Å². The molecule has 0 N–H and O–H groups in total. The van der Waals surface area contributed by atoms with Crippen LogP contribution in [0.2, 0.25) is 0 Å². The average Bonchev–Trinajstić information content (AvgIpc) is 2.31. The molecule has 1 saturated heterocycles. The van der Waals surface area contributed by atoms with E-state index in [9.17, 15) is 8.42 Å². The van der Waals surface area contributed by atoms with Gasteiger partial charge in [-0.25, -0.2) is 0 Å². The van der Waals surface area contributed by atoms with Crippen LogP contribution in [0.25, 0.3) is 0 Å². The molecular weight excluding hydrogens is 190 g/mol. The minimum Gasteiger partial charge on any atom is -0.198 e. The Balaban J connectivity index is 2.70. The van der Waals surface area contributed by atoms with Crippen molar-refractivity contribution in [1.82, 2.24) is 8.61 Å². The summed E-state index contributed by atoms with van der Waals surface area (Å²) < 4.78 is 25.6. The van der Waals surface area contributed by atoms with Crippen LogP contribution in [-0.2, 0) is 10.2 Å². The lowest BCUT2D eigenvalue weighted by atomic mass is 10.2. The van der Waals surface area contributed by atoms with E-state index in [0.717, 1.165) is 0 Å². The van der Waals surface area contributed by atoms with E-state index >= 15 is 0 Å². The predicted molar refractivity (Wildman–Crippen MR) is 47.9 cm³/mol. The molecule has 0 spiro atoms. The van der Waals surface area contributed by atoms with Crippen molar-refractivity contribution < 1.29 is 8.42 Å². The maximum atomic E-state index is 11.5. The van der Waals surface area contributed by atoms with Gasteiger partial charge in [-0.3, -0.25) is 0 Å². The lowest BCUT2D eigenvalue weighted by molar-refractivity contribution is 0.418. The van der Waals surface area contributed by atoms with Crippen molar-refractivity contribution in [3.63, 3.8) is 0 Å². The Labute approximate surface area is 78.7 Å². The summed E-state index contributed by atoms with van der Waals surface area (Å²) in [5.41, 5.74) is 0. The molecular formula is C7H13N3O2S. The number of nitriles is 1. The molecule has 1 aliphatic heterocycles. The number of likely N-dealkylation sites (N-methyl/N-ethyl adjacent to an activating group) is 1. The Morgan fingerprint density at radius 2 is 2.15 bits per heavy atom. The van der Waals surface area contributed by atoms with Gasteiger partial charge in [-0.1, -0.05) is 0 Å². The summed E-state index contributed by atoms with van der Waals surface area (Å²) in [6.45, 7) is 3.02. The third kappa shape index (κ3) is 1.99. The molecule has 0 aromatic heterocycles. The van der Waals surface area contributed by atoms with Crippen molar-refractivity contribution >= 4 is 10.2 Å². The fourth-order valence-electron chi connectivity index (χ4n) is 1.21. The van der Waals surface area contributed by atoms with E-state index in [0.29, 0.717) is 19.6 Å². The minimum atomic E-state index is -3.26. The van der Waals surface area contributed by atoms with E-state index in [2.05, 4.69) is 0 Å².